The van der Waals surface area contributed by atoms with Crippen molar-refractivity contribution in [2.75, 3.05) is 38.5 Å². The van der Waals surface area contributed by atoms with Gasteiger partial charge in [-0.15, -0.1) is 0 Å². The molecule has 2 N–H and O–H groups in total. The van der Waals surface area contributed by atoms with Gasteiger partial charge in [0.25, 0.3) is 5.84 Å². The van der Waals surface area contributed by atoms with E-state index in [1.54, 1.807) is 0 Å². The molecular weight excluding hydrogens is 395 g/mol. The third-order valence-electron chi connectivity index (χ3n) is 4.65. The zero-order chi connectivity index (χ0) is 20.3. The predicted octanol–water partition coefficient (Wildman–Crippen LogP) is -2.40. The smallest absolute Gasteiger partial charge is 0.748 e. The van der Waals surface area contributed by atoms with E-state index in [2.05, 4.69) is 18.0 Å². The summed E-state index contributed by atoms with van der Waals surface area (Å²) in [4.78, 5) is 16.9. The maximum Gasteiger partial charge on any atom is 1.00 e. The number of aliphatic hydroxyl groups is 2. The van der Waals surface area contributed by atoms with Crippen molar-refractivity contribution in [3.63, 3.8) is 0 Å². The van der Waals surface area contributed by atoms with Crippen LogP contribution < -0.4 is 29.6 Å². The monoisotopic (exact) mass is 427 g/mol. The molecule has 2 unspecified atom stereocenters. The van der Waals surface area contributed by atoms with Gasteiger partial charge >= 0.3 is 29.6 Å². The van der Waals surface area contributed by atoms with Gasteiger partial charge in [0, 0.05) is 6.42 Å². The Morgan fingerprint density at radius 3 is 2.61 bits per heavy atom. The van der Waals surface area contributed by atoms with Crippen LogP contribution in [0, 0.1) is 0 Å². The molecular formula is C18H32N2NaO6S+. The number of quaternary nitrogens is 1. The number of aliphatic hydroxyl groups excluding tert-OH is 2. The van der Waals surface area contributed by atoms with Crippen molar-refractivity contribution in [3.8, 4) is 0 Å². The minimum atomic E-state index is -4.58. The average molecular weight is 428 g/mol. The molecule has 1 aliphatic heterocycles. The zero-order valence-corrected chi connectivity index (χ0v) is 19.9. The van der Waals surface area contributed by atoms with Crippen LogP contribution in [-0.2, 0) is 14.9 Å². The first-order valence-corrected chi connectivity index (χ1v) is 11.1. The van der Waals surface area contributed by atoms with Crippen molar-refractivity contribution in [3.05, 3.63) is 12.2 Å². The number of allylic oxidation sites excluding steroid dienone is 2. The third-order valence-corrected chi connectivity index (χ3v) is 5.45. The van der Waals surface area contributed by atoms with E-state index in [4.69, 9.17) is 0 Å². The van der Waals surface area contributed by atoms with Gasteiger partial charge in [-0.1, -0.05) is 31.9 Å². The molecule has 8 nitrogen and oxygen atoms in total. The molecule has 0 radical (unpaired) electrons. The molecule has 1 rings (SSSR count). The van der Waals surface area contributed by atoms with Gasteiger partial charge in [0.1, 0.15) is 25.7 Å². The number of Topliss-reactive ketones (excluding diaryl/α,β-unsaturated/α-hetero) is 1. The second-order valence-corrected chi connectivity index (χ2v) is 8.46. The SMILES string of the molecule is CCCCC/C=C/CCC(=O)C1=NCC[N+]1(CCO)CC(O)CS(=O)(=O)[O-].[Na+]. The number of unbranched alkanes of at least 4 members (excludes halogenated alkanes) is 3. The fourth-order valence-corrected chi connectivity index (χ4v) is 3.98. The van der Waals surface area contributed by atoms with Crippen LogP contribution >= 0.6 is 0 Å². The Balaban J connectivity index is 0.00000729. The fourth-order valence-electron chi connectivity index (χ4n) is 3.40. The molecule has 0 aliphatic carbocycles. The average Bonchev–Trinajstić information content (AvgIpc) is 2.95. The molecule has 0 bridgehead atoms. The first-order chi connectivity index (χ1) is 12.7. The largest absolute Gasteiger partial charge is 1.00 e. The summed E-state index contributed by atoms with van der Waals surface area (Å²) in [5.41, 5.74) is 0. The normalized spacial score (nSPS) is 20.8. The van der Waals surface area contributed by atoms with E-state index >= 15 is 0 Å². The molecule has 10 heteroatoms. The molecule has 0 aromatic carbocycles. The van der Waals surface area contributed by atoms with E-state index in [1.165, 1.54) is 6.42 Å². The number of hydrogen-bond donors (Lipinski definition) is 2. The number of aliphatic imine (C=N–C) groups is 1. The van der Waals surface area contributed by atoms with Crippen molar-refractivity contribution in [1.29, 1.82) is 0 Å². The van der Waals surface area contributed by atoms with Crippen LogP contribution in [0.25, 0.3) is 0 Å². The zero-order valence-electron chi connectivity index (χ0n) is 17.0. The Labute approximate surface area is 190 Å². The second-order valence-electron chi connectivity index (χ2n) is 7.01. The Bertz CT molecular complexity index is 638. The summed E-state index contributed by atoms with van der Waals surface area (Å²) >= 11 is 0. The van der Waals surface area contributed by atoms with Crippen LogP contribution in [0.15, 0.2) is 17.1 Å². The molecule has 0 saturated carbocycles. The van der Waals surface area contributed by atoms with E-state index < -0.39 is 22.0 Å². The molecule has 2 atom stereocenters. The van der Waals surface area contributed by atoms with E-state index in [0.29, 0.717) is 19.5 Å². The second kappa shape index (κ2) is 14.0. The van der Waals surface area contributed by atoms with E-state index in [1.807, 2.05) is 6.08 Å². The van der Waals surface area contributed by atoms with Crippen LogP contribution in [0.1, 0.15) is 45.4 Å². The number of nitrogens with zero attached hydrogens (tertiary/aromatic N) is 2. The van der Waals surface area contributed by atoms with Crippen LogP contribution in [-0.4, -0.2) is 83.9 Å². The number of hydrogen-bond acceptors (Lipinski definition) is 7. The van der Waals surface area contributed by atoms with Gasteiger partial charge in [0.2, 0.25) is 5.78 Å². The maximum atomic E-state index is 12.6. The predicted molar refractivity (Wildman–Crippen MR) is 102 cm³/mol. The molecule has 0 aromatic rings. The third kappa shape index (κ3) is 10.1. The molecule has 1 heterocycles. The number of carbonyl (C=O) groups is 1. The minimum absolute atomic E-state index is 0. The quantitative estimate of drug-likeness (QED) is 0.105. The van der Waals surface area contributed by atoms with Crippen LogP contribution in [0.2, 0.25) is 0 Å². The van der Waals surface area contributed by atoms with Crippen molar-refractivity contribution < 1.29 is 62.0 Å². The summed E-state index contributed by atoms with van der Waals surface area (Å²) in [6.07, 6.45) is 7.95. The number of amidine groups is 1. The van der Waals surface area contributed by atoms with Gasteiger partial charge < -0.3 is 14.8 Å². The Morgan fingerprint density at radius 2 is 2.00 bits per heavy atom. The van der Waals surface area contributed by atoms with E-state index in [9.17, 15) is 28.0 Å². The fraction of sp³-hybridized carbons (Fsp3) is 0.778. The summed E-state index contributed by atoms with van der Waals surface area (Å²) in [6.45, 7) is 2.69. The van der Waals surface area contributed by atoms with Gasteiger partial charge in [-0.05, 0) is 19.3 Å². The molecule has 0 saturated heterocycles. The molecule has 0 spiro atoms. The van der Waals surface area contributed by atoms with Crippen LogP contribution in [0.5, 0.6) is 0 Å². The van der Waals surface area contributed by atoms with Crippen molar-refractivity contribution >= 4 is 21.7 Å². The van der Waals surface area contributed by atoms with Gasteiger partial charge in [0.05, 0.1) is 29.0 Å². The molecule has 1 aliphatic rings. The number of carbonyl (C=O) groups excluding carboxylic acids is 1. The van der Waals surface area contributed by atoms with E-state index in [-0.39, 0.29) is 71.8 Å². The molecule has 156 valence electrons. The Morgan fingerprint density at radius 1 is 1.32 bits per heavy atom. The van der Waals surface area contributed by atoms with Crippen molar-refractivity contribution in [1.82, 2.24) is 0 Å². The van der Waals surface area contributed by atoms with Crippen molar-refractivity contribution in [2.45, 2.75) is 51.6 Å². The standard InChI is InChI=1S/C18H32N2O6S.Na/c1-2-3-4-5-6-7-8-9-17(23)18-19-10-11-20(18,12-13-21)14-16(22)15-27(24,25)26;/h6-7,16,21-22H,2-5,8-15H2,1H3;/q;+1/b7-6+;. The molecule has 0 amide bonds. The Kier molecular flexibility index (Phi) is 13.9. The van der Waals surface area contributed by atoms with Gasteiger partial charge in [0.15, 0.2) is 0 Å². The number of ketones is 1. The Hall–Kier alpha value is -0.130. The van der Waals surface area contributed by atoms with Gasteiger partial charge in [-0.3, -0.25) is 9.28 Å². The first-order valence-electron chi connectivity index (χ1n) is 9.56. The van der Waals surface area contributed by atoms with E-state index in [0.717, 1.165) is 19.3 Å². The molecule has 28 heavy (non-hydrogen) atoms. The minimum Gasteiger partial charge on any atom is -0.748 e. The van der Waals surface area contributed by atoms with Crippen LogP contribution in [0.4, 0.5) is 0 Å². The summed E-state index contributed by atoms with van der Waals surface area (Å²) in [6, 6.07) is 0. The summed E-state index contributed by atoms with van der Waals surface area (Å²) in [5, 5.41) is 19.4. The van der Waals surface area contributed by atoms with Crippen molar-refractivity contribution in [2.24, 2.45) is 4.99 Å². The summed E-state index contributed by atoms with van der Waals surface area (Å²) in [7, 11) is -4.58. The molecule has 0 fully saturated rings. The molecule has 0 aromatic heterocycles. The maximum absolute atomic E-state index is 12.6. The first kappa shape index (κ1) is 27.9. The summed E-state index contributed by atoms with van der Waals surface area (Å²) in [5.74, 6) is -0.831. The van der Waals surface area contributed by atoms with Gasteiger partial charge in [-0.25, -0.2) is 13.4 Å². The topological polar surface area (TPSA) is 127 Å². The summed E-state index contributed by atoms with van der Waals surface area (Å²) < 4.78 is 32.6. The van der Waals surface area contributed by atoms with Gasteiger partial charge in [-0.2, -0.15) is 0 Å². The number of rotatable bonds is 14. The van der Waals surface area contributed by atoms with Crippen LogP contribution in [0.3, 0.4) is 0 Å².